The Morgan fingerprint density at radius 2 is 2.44 bits per heavy atom. The minimum Gasteiger partial charge on any atom is -0.377 e. The summed E-state index contributed by atoms with van der Waals surface area (Å²) in [6, 6.07) is 6.52. The van der Waals surface area contributed by atoms with Crippen LogP contribution in [0.3, 0.4) is 0 Å². The van der Waals surface area contributed by atoms with Gasteiger partial charge in [0, 0.05) is 23.3 Å². The third-order valence-corrected chi connectivity index (χ3v) is 3.87. The monoisotopic (exact) mass is 264 g/mol. The van der Waals surface area contributed by atoms with E-state index in [2.05, 4.69) is 0 Å². The number of nitro benzene ring substituents is 1. The first-order valence-corrected chi connectivity index (χ1v) is 6.62. The molecule has 6 heteroatoms. The van der Waals surface area contributed by atoms with E-state index in [1.165, 1.54) is 23.9 Å². The third-order valence-electron chi connectivity index (χ3n) is 2.75. The fraction of sp³-hybridized carbons (Fsp3) is 0.417. The van der Waals surface area contributed by atoms with E-state index in [1.54, 1.807) is 6.07 Å². The normalized spacial score (nSPS) is 18.5. The lowest BCUT2D eigenvalue weighted by Gasteiger charge is -2.08. The van der Waals surface area contributed by atoms with Gasteiger partial charge in [-0.3, -0.25) is 10.1 Å². The summed E-state index contributed by atoms with van der Waals surface area (Å²) in [6.45, 7) is 0.804. The van der Waals surface area contributed by atoms with E-state index < -0.39 is 4.92 Å². The second-order valence-corrected chi connectivity index (χ2v) is 5.09. The largest absolute Gasteiger partial charge is 0.377 e. The Labute approximate surface area is 109 Å². The highest BCUT2D eigenvalue weighted by atomic mass is 32.2. The summed E-state index contributed by atoms with van der Waals surface area (Å²) in [5.41, 5.74) is -0.0312. The number of thioether (sulfide) groups is 1. The predicted octanol–water partition coefficient (Wildman–Crippen LogP) is 2.74. The maximum Gasteiger partial charge on any atom is 0.288 e. The van der Waals surface area contributed by atoms with Crippen LogP contribution in [0, 0.1) is 21.4 Å². The van der Waals surface area contributed by atoms with Crippen molar-refractivity contribution in [2.45, 2.75) is 23.8 Å². The summed E-state index contributed by atoms with van der Waals surface area (Å²) in [5, 5.41) is 19.6. The van der Waals surface area contributed by atoms with Crippen molar-refractivity contribution >= 4 is 17.4 Å². The zero-order valence-electron chi connectivity index (χ0n) is 9.67. The van der Waals surface area contributed by atoms with E-state index in [1.807, 2.05) is 6.07 Å². The first-order chi connectivity index (χ1) is 8.70. The summed E-state index contributed by atoms with van der Waals surface area (Å²) in [7, 11) is 0. The molecule has 1 saturated heterocycles. The first kappa shape index (κ1) is 12.9. The van der Waals surface area contributed by atoms with Crippen molar-refractivity contribution in [1.82, 2.24) is 0 Å². The molecule has 0 aromatic heterocycles. The number of nitrogens with zero attached hydrogens (tertiary/aromatic N) is 2. The molecule has 1 unspecified atom stereocenters. The summed E-state index contributed by atoms with van der Waals surface area (Å²) >= 11 is 1.53. The Morgan fingerprint density at radius 1 is 1.61 bits per heavy atom. The number of ether oxygens (including phenoxy) is 1. The molecule has 18 heavy (non-hydrogen) atoms. The number of hydrogen-bond donors (Lipinski definition) is 0. The van der Waals surface area contributed by atoms with Crippen molar-refractivity contribution in [2.24, 2.45) is 0 Å². The summed E-state index contributed by atoms with van der Waals surface area (Å²) in [4.78, 5) is 11.1. The molecular formula is C12H12N2O3S. The van der Waals surface area contributed by atoms with Crippen LogP contribution in [0.15, 0.2) is 23.1 Å². The van der Waals surface area contributed by atoms with E-state index >= 15 is 0 Å². The molecule has 1 aliphatic heterocycles. The van der Waals surface area contributed by atoms with Crippen LogP contribution in [0.2, 0.25) is 0 Å². The number of nitro groups is 1. The second-order valence-electron chi connectivity index (χ2n) is 3.99. The Bertz CT molecular complexity index is 493. The molecule has 0 spiro atoms. The van der Waals surface area contributed by atoms with Crippen molar-refractivity contribution in [3.63, 3.8) is 0 Å². The van der Waals surface area contributed by atoms with Gasteiger partial charge in [0.05, 0.1) is 11.0 Å². The molecule has 1 aliphatic rings. The van der Waals surface area contributed by atoms with Gasteiger partial charge >= 0.3 is 0 Å². The van der Waals surface area contributed by atoms with Crippen molar-refractivity contribution in [3.8, 4) is 6.07 Å². The molecule has 1 heterocycles. The van der Waals surface area contributed by atoms with Crippen LogP contribution in [0.4, 0.5) is 5.69 Å². The van der Waals surface area contributed by atoms with Gasteiger partial charge in [-0.1, -0.05) is 0 Å². The van der Waals surface area contributed by atoms with Gasteiger partial charge in [-0.25, -0.2) is 0 Å². The zero-order chi connectivity index (χ0) is 13.0. The Morgan fingerprint density at radius 3 is 3.06 bits per heavy atom. The van der Waals surface area contributed by atoms with Gasteiger partial charge in [0.1, 0.15) is 11.6 Å². The number of hydrogen-bond acceptors (Lipinski definition) is 5. The highest BCUT2D eigenvalue weighted by Crippen LogP contribution is 2.28. The molecule has 1 aromatic carbocycles. The van der Waals surface area contributed by atoms with Gasteiger partial charge in [-0.05, 0) is 25.0 Å². The second kappa shape index (κ2) is 5.85. The Balaban J connectivity index is 2.07. The molecule has 0 bridgehead atoms. The highest BCUT2D eigenvalue weighted by molar-refractivity contribution is 7.99. The van der Waals surface area contributed by atoms with Gasteiger partial charge in [0.2, 0.25) is 0 Å². The smallest absolute Gasteiger partial charge is 0.288 e. The van der Waals surface area contributed by atoms with Crippen LogP contribution in [-0.4, -0.2) is 23.4 Å². The van der Waals surface area contributed by atoms with E-state index in [0.29, 0.717) is 0 Å². The lowest BCUT2D eigenvalue weighted by Crippen LogP contribution is -2.07. The molecule has 1 aromatic rings. The van der Waals surface area contributed by atoms with Gasteiger partial charge in [0.15, 0.2) is 0 Å². The Kier molecular flexibility index (Phi) is 4.18. The van der Waals surface area contributed by atoms with E-state index in [4.69, 9.17) is 10.00 Å². The topological polar surface area (TPSA) is 76.2 Å². The molecule has 2 rings (SSSR count). The standard InChI is InChI=1S/C12H12N2O3S/c13-7-9-3-4-11(6-12(9)14(15)16)18-8-10-2-1-5-17-10/h3-4,6,10H,1-2,5,8H2. The molecule has 0 amide bonds. The van der Waals surface area contributed by atoms with Crippen LogP contribution in [0.1, 0.15) is 18.4 Å². The summed E-state index contributed by atoms with van der Waals surface area (Å²) < 4.78 is 5.49. The minimum absolute atomic E-state index is 0.0986. The summed E-state index contributed by atoms with van der Waals surface area (Å²) in [6.07, 6.45) is 2.37. The van der Waals surface area contributed by atoms with E-state index in [9.17, 15) is 10.1 Å². The van der Waals surface area contributed by atoms with Crippen molar-refractivity contribution < 1.29 is 9.66 Å². The maximum atomic E-state index is 10.8. The van der Waals surface area contributed by atoms with Crippen LogP contribution >= 0.6 is 11.8 Å². The lowest BCUT2D eigenvalue weighted by atomic mass is 10.2. The summed E-state index contributed by atoms with van der Waals surface area (Å²) in [5.74, 6) is 0.795. The van der Waals surface area contributed by atoms with Crippen molar-refractivity contribution in [1.29, 1.82) is 5.26 Å². The van der Waals surface area contributed by atoms with Gasteiger partial charge < -0.3 is 4.74 Å². The molecule has 5 nitrogen and oxygen atoms in total. The molecular weight excluding hydrogens is 252 g/mol. The molecule has 94 valence electrons. The quantitative estimate of drug-likeness (QED) is 0.475. The number of rotatable bonds is 4. The predicted molar refractivity (Wildman–Crippen MR) is 67.5 cm³/mol. The fourth-order valence-electron chi connectivity index (χ4n) is 1.81. The maximum absolute atomic E-state index is 10.8. The Hall–Kier alpha value is -1.58. The van der Waals surface area contributed by atoms with Gasteiger partial charge in [0.25, 0.3) is 5.69 Å². The van der Waals surface area contributed by atoms with Gasteiger partial charge in [-0.2, -0.15) is 5.26 Å². The fourth-order valence-corrected chi connectivity index (χ4v) is 2.81. The average Bonchev–Trinajstić information content (AvgIpc) is 2.89. The van der Waals surface area contributed by atoms with Crippen molar-refractivity contribution in [3.05, 3.63) is 33.9 Å². The molecule has 1 atom stereocenters. The first-order valence-electron chi connectivity index (χ1n) is 5.63. The van der Waals surface area contributed by atoms with Crippen LogP contribution < -0.4 is 0 Å². The van der Waals surface area contributed by atoms with Crippen LogP contribution in [0.25, 0.3) is 0 Å². The van der Waals surface area contributed by atoms with Crippen LogP contribution in [0.5, 0.6) is 0 Å². The lowest BCUT2D eigenvalue weighted by molar-refractivity contribution is -0.385. The molecule has 0 N–H and O–H groups in total. The molecule has 0 radical (unpaired) electrons. The van der Waals surface area contributed by atoms with E-state index in [0.717, 1.165) is 30.1 Å². The molecule has 1 fully saturated rings. The minimum atomic E-state index is -0.519. The van der Waals surface area contributed by atoms with Crippen LogP contribution in [-0.2, 0) is 4.74 Å². The molecule has 0 aliphatic carbocycles. The number of benzene rings is 1. The SMILES string of the molecule is N#Cc1ccc(SCC2CCCO2)cc1[N+](=O)[O-]. The molecule has 0 saturated carbocycles. The number of nitriles is 1. The van der Waals surface area contributed by atoms with Crippen molar-refractivity contribution in [2.75, 3.05) is 12.4 Å². The highest BCUT2D eigenvalue weighted by Gasteiger charge is 2.18. The van der Waals surface area contributed by atoms with Gasteiger partial charge in [-0.15, -0.1) is 11.8 Å². The van der Waals surface area contributed by atoms with E-state index in [-0.39, 0.29) is 17.4 Å². The zero-order valence-corrected chi connectivity index (χ0v) is 10.5. The third kappa shape index (κ3) is 3.00. The average molecular weight is 264 g/mol.